The molecule has 0 spiro atoms. The fourth-order valence-corrected chi connectivity index (χ4v) is 2.95. The van der Waals surface area contributed by atoms with E-state index in [0.717, 1.165) is 10.1 Å². The third-order valence-corrected chi connectivity index (χ3v) is 4.02. The lowest BCUT2D eigenvalue weighted by Crippen LogP contribution is -2.34. The second-order valence-electron chi connectivity index (χ2n) is 4.34. The maximum Gasteiger partial charge on any atom is 0.255 e. The molecule has 2 aromatic rings. The minimum absolute atomic E-state index is 0.0326. The van der Waals surface area contributed by atoms with Gasteiger partial charge in [-0.25, -0.2) is 0 Å². The topological polar surface area (TPSA) is 53.3 Å². The number of nitrogens with zero attached hydrogens (tertiary/aromatic N) is 2. The Bertz CT molecular complexity index is 630. The van der Waals surface area contributed by atoms with Crippen LogP contribution < -0.4 is 0 Å². The summed E-state index contributed by atoms with van der Waals surface area (Å²) in [6, 6.07) is 9.94. The highest BCUT2D eigenvalue weighted by Gasteiger charge is 2.18. The molecule has 0 saturated heterocycles. The molecule has 0 fully saturated rings. The van der Waals surface area contributed by atoms with Crippen LogP contribution >= 0.6 is 11.3 Å². The Balaban J connectivity index is 2.24. The molecule has 104 valence electrons. The smallest absolute Gasteiger partial charge is 0.255 e. The van der Waals surface area contributed by atoms with Gasteiger partial charge in [-0.1, -0.05) is 18.2 Å². The van der Waals surface area contributed by atoms with Crippen molar-refractivity contribution < 1.29 is 9.53 Å². The normalized spacial score (nSPS) is 10.4. The summed E-state index contributed by atoms with van der Waals surface area (Å²) in [5, 5.41) is 11.6. The number of amides is 1. The van der Waals surface area contributed by atoms with E-state index in [4.69, 9.17) is 10.00 Å². The van der Waals surface area contributed by atoms with Crippen molar-refractivity contribution >= 4 is 27.3 Å². The molecule has 1 aromatic heterocycles. The maximum atomic E-state index is 12.6. The first-order valence-electron chi connectivity index (χ1n) is 6.39. The quantitative estimate of drug-likeness (QED) is 0.821. The van der Waals surface area contributed by atoms with Gasteiger partial charge in [0.05, 0.1) is 24.7 Å². The van der Waals surface area contributed by atoms with E-state index in [-0.39, 0.29) is 5.91 Å². The second kappa shape index (κ2) is 7.04. The van der Waals surface area contributed by atoms with Crippen LogP contribution in [0.5, 0.6) is 0 Å². The van der Waals surface area contributed by atoms with E-state index in [1.165, 1.54) is 0 Å². The maximum absolute atomic E-state index is 12.6. The number of methoxy groups -OCH3 is 1. The van der Waals surface area contributed by atoms with Crippen LogP contribution in [0.3, 0.4) is 0 Å². The van der Waals surface area contributed by atoms with Gasteiger partial charge in [-0.15, -0.1) is 11.3 Å². The van der Waals surface area contributed by atoms with E-state index >= 15 is 0 Å². The summed E-state index contributed by atoms with van der Waals surface area (Å²) in [4.78, 5) is 14.3. The Morgan fingerprint density at radius 1 is 1.40 bits per heavy atom. The van der Waals surface area contributed by atoms with Crippen LogP contribution in [0.1, 0.15) is 16.8 Å². The monoisotopic (exact) mass is 288 g/mol. The highest BCUT2D eigenvalue weighted by molar-refractivity contribution is 7.17. The molecule has 0 aliphatic carbocycles. The van der Waals surface area contributed by atoms with Gasteiger partial charge in [0.15, 0.2) is 0 Å². The van der Waals surface area contributed by atoms with Crippen molar-refractivity contribution in [2.24, 2.45) is 0 Å². The Morgan fingerprint density at radius 2 is 2.20 bits per heavy atom. The first kappa shape index (κ1) is 14.5. The van der Waals surface area contributed by atoms with Crippen molar-refractivity contribution in [1.29, 1.82) is 5.26 Å². The number of thiophene rings is 1. The van der Waals surface area contributed by atoms with Gasteiger partial charge in [-0.05, 0) is 6.07 Å². The first-order chi connectivity index (χ1) is 9.77. The third-order valence-electron chi connectivity index (χ3n) is 3.06. The summed E-state index contributed by atoms with van der Waals surface area (Å²) in [6.07, 6.45) is 0.331. The summed E-state index contributed by atoms with van der Waals surface area (Å²) in [7, 11) is 1.60. The number of nitriles is 1. The molecule has 5 heteroatoms. The first-order valence-corrected chi connectivity index (χ1v) is 7.27. The summed E-state index contributed by atoms with van der Waals surface area (Å²) in [5.74, 6) is -0.0326. The predicted octanol–water partition coefficient (Wildman–Crippen LogP) is 2.90. The molecule has 0 unspecified atom stereocenters. The summed E-state index contributed by atoms with van der Waals surface area (Å²) in [5.41, 5.74) is 0.708. The van der Waals surface area contributed by atoms with Crippen molar-refractivity contribution in [2.45, 2.75) is 6.42 Å². The van der Waals surface area contributed by atoms with E-state index in [2.05, 4.69) is 6.07 Å². The Hall–Kier alpha value is -1.90. The molecule has 0 N–H and O–H groups in total. The molecule has 1 aromatic carbocycles. The van der Waals surface area contributed by atoms with Crippen LogP contribution in [-0.2, 0) is 4.74 Å². The number of hydrogen-bond donors (Lipinski definition) is 0. The minimum atomic E-state index is -0.0326. The van der Waals surface area contributed by atoms with E-state index in [1.807, 2.05) is 29.6 Å². The van der Waals surface area contributed by atoms with E-state index in [1.54, 1.807) is 23.3 Å². The number of rotatable bonds is 6. The van der Waals surface area contributed by atoms with Gasteiger partial charge in [0.1, 0.15) is 0 Å². The molecule has 0 atom stereocenters. The molecule has 0 aliphatic heterocycles. The third kappa shape index (κ3) is 3.16. The van der Waals surface area contributed by atoms with Gasteiger partial charge in [0.2, 0.25) is 0 Å². The molecule has 1 heterocycles. The highest BCUT2D eigenvalue weighted by Crippen LogP contribution is 2.26. The number of benzene rings is 1. The van der Waals surface area contributed by atoms with Crippen LogP contribution in [0, 0.1) is 11.3 Å². The molecule has 0 aliphatic rings. The average Bonchev–Trinajstić information content (AvgIpc) is 2.91. The van der Waals surface area contributed by atoms with Crippen molar-refractivity contribution in [1.82, 2.24) is 4.90 Å². The summed E-state index contributed by atoms with van der Waals surface area (Å²) >= 11 is 1.56. The molecule has 4 nitrogen and oxygen atoms in total. The van der Waals surface area contributed by atoms with E-state index in [0.29, 0.717) is 31.7 Å². The largest absolute Gasteiger partial charge is 0.383 e. The van der Waals surface area contributed by atoms with Gasteiger partial charge in [-0.3, -0.25) is 4.79 Å². The molecular formula is C15H16N2O2S. The van der Waals surface area contributed by atoms with Crippen molar-refractivity contribution in [3.05, 3.63) is 35.2 Å². The molecule has 1 amide bonds. The van der Waals surface area contributed by atoms with E-state index < -0.39 is 0 Å². The highest BCUT2D eigenvalue weighted by atomic mass is 32.1. The Kier molecular flexibility index (Phi) is 5.10. The van der Waals surface area contributed by atoms with Gasteiger partial charge in [0.25, 0.3) is 5.91 Å². The molecule has 0 radical (unpaired) electrons. The van der Waals surface area contributed by atoms with Gasteiger partial charge >= 0.3 is 0 Å². The predicted molar refractivity (Wildman–Crippen MR) is 79.8 cm³/mol. The van der Waals surface area contributed by atoms with E-state index in [9.17, 15) is 4.79 Å². The van der Waals surface area contributed by atoms with Crippen molar-refractivity contribution in [3.63, 3.8) is 0 Å². The van der Waals surface area contributed by atoms with Crippen LogP contribution in [0.25, 0.3) is 10.1 Å². The number of carbonyl (C=O) groups is 1. The van der Waals surface area contributed by atoms with Crippen molar-refractivity contribution in [3.8, 4) is 6.07 Å². The van der Waals surface area contributed by atoms with Gasteiger partial charge in [0, 0.05) is 35.7 Å². The van der Waals surface area contributed by atoms with Gasteiger partial charge in [-0.2, -0.15) is 5.26 Å². The van der Waals surface area contributed by atoms with Crippen LogP contribution in [-0.4, -0.2) is 37.6 Å². The molecule has 0 bridgehead atoms. The molecule has 20 heavy (non-hydrogen) atoms. The van der Waals surface area contributed by atoms with Crippen LogP contribution in [0.15, 0.2) is 29.6 Å². The lowest BCUT2D eigenvalue weighted by Gasteiger charge is -2.20. The summed E-state index contributed by atoms with van der Waals surface area (Å²) in [6.45, 7) is 1.41. The number of ether oxygens (including phenoxy) is 1. The zero-order valence-corrected chi connectivity index (χ0v) is 12.2. The van der Waals surface area contributed by atoms with Crippen LogP contribution in [0.4, 0.5) is 0 Å². The Morgan fingerprint density at radius 3 is 2.95 bits per heavy atom. The van der Waals surface area contributed by atoms with Crippen LogP contribution in [0.2, 0.25) is 0 Å². The zero-order chi connectivity index (χ0) is 14.4. The number of hydrogen-bond acceptors (Lipinski definition) is 4. The SMILES string of the molecule is COCCN(CCC#N)C(=O)c1csc2ccccc12. The summed E-state index contributed by atoms with van der Waals surface area (Å²) < 4.78 is 6.13. The van der Waals surface area contributed by atoms with Crippen molar-refractivity contribution in [2.75, 3.05) is 26.8 Å². The lowest BCUT2D eigenvalue weighted by molar-refractivity contribution is 0.0702. The second-order valence-corrected chi connectivity index (χ2v) is 5.25. The lowest BCUT2D eigenvalue weighted by atomic mass is 10.1. The fraction of sp³-hybridized carbons (Fsp3) is 0.333. The number of carbonyl (C=O) groups excluding carboxylic acids is 1. The van der Waals surface area contributed by atoms with Gasteiger partial charge < -0.3 is 9.64 Å². The molecule has 0 saturated carbocycles. The minimum Gasteiger partial charge on any atom is -0.383 e. The Labute approximate surface area is 122 Å². The molecular weight excluding hydrogens is 272 g/mol. The standard InChI is InChI=1S/C15H16N2O2S/c1-19-10-9-17(8-4-7-16)15(18)13-11-20-14-6-3-2-5-12(13)14/h2-3,5-6,11H,4,8-10H2,1H3. The fourth-order valence-electron chi connectivity index (χ4n) is 2.02. The zero-order valence-electron chi connectivity index (χ0n) is 11.3. The number of fused-ring (bicyclic) bond motifs is 1. The average molecular weight is 288 g/mol. The molecule has 2 rings (SSSR count).